The van der Waals surface area contributed by atoms with Gasteiger partial charge in [-0.2, -0.15) is 0 Å². The minimum atomic E-state index is -1.63. The molecule has 0 aliphatic rings. The maximum Gasteiger partial charge on any atom is 0.512 e. The van der Waals surface area contributed by atoms with Crippen LogP contribution in [0.2, 0.25) is 5.02 Å². The lowest BCUT2D eigenvalue weighted by Crippen LogP contribution is -1.88. The molecule has 1 atom stereocenters. The van der Waals surface area contributed by atoms with Crippen LogP contribution in [0.3, 0.4) is 0 Å². The Morgan fingerprint density at radius 3 is 2.60 bits per heavy atom. The molecule has 0 aliphatic heterocycles. The molecule has 2 nitrogen and oxygen atoms in total. The van der Waals surface area contributed by atoms with Crippen molar-refractivity contribution in [2.45, 2.75) is 6.92 Å². The first kappa shape index (κ1) is 12.4. The van der Waals surface area contributed by atoms with E-state index >= 15 is 0 Å². The van der Waals surface area contributed by atoms with Gasteiger partial charge in [0.15, 0.2) is 0 Å². The topological polar surface area (TPSA) is 26.3 Å². The molecule has 15 heavy (non-hydrogen) atoms. The van der Waals surface area contributed by atoms with Gasteiger partial charge in [-0.1, -0.05) is 30.3 Å². The maximum atomic E-state index is 11.3. The van der Waals surface area contributed by atoms with E-state index in [-0.39, 0.29) is 0 Å². The Bertz CT molecular complexity index is 359. The summed E-state index contributed by atoms with van der Waals surface area (Å²) in [6.07, 6.45) is 0.366. The van der Waals surface area contributed by atoms with Crippen molar-refractivity contribution >= 4 is 25.2 Å². The third-order valence-corrected chi connectivity index (χ3v) is 3.28. The SMILES string of the molecule is C=C(C[P+](=O)OCC)c1ccc(Cl)cc1. The highest BCUT2D eigenvalue weighted by atomic mass is 35.5. The Morgan fingerprint density at radius 1 is 1.47 bits per heavy atom. The zero-order valence-electron chi connectivity index (χ0n) is 8.57. The van der Waals surface area contributed by atoms with E-state index < -0.39 is 8.03 Å². The quantitative estimate of drug-likeness (QED) is 0.727. The van der Waals surface area contributed by atoms with Crippen molar-refractivity contribution in [2.24, 2.45) is 0 Å². The van der Waals surface area contributed by atoms with Crippen LogP contribution in [0.15, 0.2) is 30.8 Å². The molecule has 1 aromatic rings. The van der Waals surface area contributed by atoms with E-state index in [0.29, 0.717) is 17.8 Å². The second-order valence-corrected chi connectivity index (χ2v) is 4.70. The molecular weight excluding hydrogens is 231 g/mol. The van der Waals surface area contributed by atoms with Crippen LogP contribution in [0, 0.1) is 0 Å². The molecule has 4 heteroatoms. The van der Waals surface area contributed by atoms with E-state index in [2.05, 4.69) is 6.58 Å². The van der Waals surface area contributed by atoms with Gasteiger partial charge in [-0.3, -0.25) is 0 Å². The monoisotopic (exact) mass is 243 g/mol. The van der Waals surface area contributed by atoms with Crippen LogP contribution in [0.1, 0.15) is 12.5 Å². The van der Waals surface area contributed by atoms with Gasteiger partial charge in [0, 0.05) is 10.6 Å². The molecule has 80 valence electrons. The van der Waals surface area contributed by atoms with Crippen molar-refractivity contribution in [3.8, 4) is 0 Å². The summed E-state index contributed by atoms with van der Waals surface area (Å²) in [5, 5.41) is 0.681. The molecule has 0 bridgehead atoms. The van der Waals surface area contributed by atoms with E-state index in [1.807, 2.05) is 19.1 Å². The summed E-state index contributed by atoms with van der Waals surface area (Å²) < 4.78 is 16.3. The molecule has 0 spiro atoms. The van der Waals surface area contributed by atoms with Crippen molar-refractivity contribution in [3.05, 3.63) is 41.4 Å². The van der Waals surface area contributed by atoms with Gasteiger partial charge in [-0.15, -0.1) is 4.52 Å². The van der Waals surface area contributed by atoms with E-state index in [1.165, 1.54) is 0 Å². The van der Waals surface area contributed by atoms with Crippen molar-refractivity contribution in [1.29, 1.82) is 0 Å². The van der Waals surface area contributed by atoms with Crippen LogP contribution in [0.5, 0.6) is 0 Å². The molecular formula is C11H13ClO2P+. The normalized spacial score (nSPS) is 11.2. The Hall–Kier alpha value is -0.690. The zero-order valence-corrected chi connectivity index (χ0v) is 10.2. The molecule has 0 fully saturated rings. The summed E-state index contributed by atoms with van der Waals surface area (Å²) in [5.74, 6) is 0. The summed E-state index contributed by atoms with van der Waals surface area (Å²) in [4.78, 5) is 0. The molecule has 0 N–H and O–H groups in total. The predicted molar refractivity (Wildman–Crippen MR) is 64.6 cm³/mol. The van der Waals surface area contributed by atoms with Crippen LogP contribution < -0.4 is 0 Å². The van der Waals surface area contributed by atoms with E-state index in [4.69, 9.17) is 16.1 Å². The number of halogens is 1. The molecule has 0 heterocycles. The molecule has 1 aromatic carbocycles. The van der Waals surface area contributed by atoms with Gasteiger partial charge in [0.1, 0.15) is 0 Å². The van der Waals surface area contributed by atoms with E-state index in [0.717, 1.165) is 11.1 Å². The molecule has 0 radical (unpaired) electrons. The van der Waals surface area contributed by atoms with Gasteiger partial charge in [0.05, 0.1) is 6.61 Å². The fourth-order valence-corrected chi connectivity index (χ4v) is 2.12. The van der Waals surface area contributed by atoms with Gasteiger partial charge in [-0.05, 0) is 29.2 Å². The van der Waals surface area contributed by atoms with Crippen molar-refractivity contribution in [2.75, 3.05) is 12.8 Å². The largest absolute Gasteiger partial charge is 0.512 e. The van der Waals surface area contributed by atoms with Crippen molar-refractivity contribution < 1.29 is 9.09 Å². The lowest BCUT2D eigenvalue weighted by molar-refractivity contribution is 0.352. The molecule has 0 saturated heterocycles. The number of benzene rings is 1. The molecule has 0 amide bonds. The highest BCUT2D eigenvalue weighted by molar-refractivity contribution is 7.39. The fraction of sp³-hybridized carbons (Fsp3) is 0.273. The lowest BCUT2D eigenvalue weighted by Gasteiger charge is -1.99. The van der Waals surface area contributed by atoms with Gasteiger partial charge in [0.2, 0.25) is 6.16 Å². The maximum absolute atomic E-state index is 11.3. The molecule has 0 aromatic heterocycles. The highest BCUT2D eigenvalue weighted by Gasteiger charge is 2.18. The number of hydrogen-bond donors (Lipinski definition) is 0. The Morgan fingerprint density at radius 2 is 2.07 bits per heavy atom. The first-order chi connectivity index (χ1) is 7.13. The number of allylic oxidation sites excluding steroid dienone is 1. The van der Waals surface area contributed by atoms with Gasteiger partial charge in [-0.25, -0.2) is 0 Å². The summed E-state index contributed by atoms with van der Waals surface area (Å²) in [7, 11) is -1.63. The molecule has 1 rings (SSSR count). The Balaban J connectivity index is 2.61. The highest BCUT2D eigenvalue weighted by Crippen LogP contribution is 2.29. The average Bonchev–Trinajstić information content (AvgIpc) is 2.18. The average molecular weight is 244 g/mol. The first-order valence-corrected chi connectivity index (χ1v) is 6.39. The Labute approximate surface area is 95.8 Å². The molecule has 0 aliphatic carbocycles. The minimum Gasteiger partial charge on any atom is -0.146 e. The predicted octanol–water partition coefficient (Wildman–Crippen LogP) is 4.13. The third-order valence-electron chi connectivity index (χ3n) is 1.85. The molecule has 1 unspecified atom stereocenters. The minimum absolute atomic E-state index is 0.366. The van der Waals surface area contributed by atoms with Crippen LogP contribution in [-0.4, -0.2) is 12.8 Å². The van der Waals surface area contributed by atoms with E-state index in [1.54, 1.807) is 12.1 Å². The fourth-order valence-electron chi connectivity index (χ4n) is 1.12. The van der Waals surface area contributed by atoms with Crippen molar-refractivity contribution in [1.82, 2.24) is 0 Å². The van der Waals surface area contributed by atoms with Crippen LogP contribution >= 0.6 is 19.6 Å². The second kappa shape index (κ2) is 6.02. The summed E-state index contributed by atoms with van der Waals surface area (Å²) >= 11 is 5.76. The van der Waals surface area contributed by atoms with Crippen LogP contribution in [0.4, 0.5) is 0 Å². The van der Waals surface area contributed by atoms with Crippen molar-refractivity contribution in [3.63, 3.8) is 0 Å². The zero-order chi connectivity index (χ0) is 11.3. The van der Waals surface area contributed by atoms with E-state index in [9.17, 15) is 4.57 Å². The summed E-state index contributed by atoms with van der Waals surface area (Å²) in [6.45, 7) is 6.15. The second-order valence-electron chi connectivity index (χ2n) is 3.02. The van der Waals surface area contributed by atoms with Gasteiger partial charge >= 0.3 is 8.03 Å². The number of hydrogen-bond acceptors (Lipinski definition) is 2. The Kier molecular flexibility index (Phi) is 4.97. The van der Waals surface area contributed by atoms with Crippen LogP contribution in [-0.2, 0) is 9.09 Å². The third kappa shape index (κ3) is 4.13. The first-order valence-electron chi connectivity index (χ1n) is 4.64. The van der Waals surface area contributed by atoms with Crippen LogP contribution in [0.25, 0.3) is 5.57 Å². The summed E-state index contributed by atoms with van der Waals surface area (Å²) in [5.41, 5.74) is 1.75. The summed E-state index contributed by atoms with van der Waals surface area (Å²) in [6, 6.07) is 7.30. The molecule has 0 saturated carbocycles. The van der Waals surface area contributed by atoms with Gasteiger partial charge in [0.25, 0.3) is 0 Å². The standard InChI is InChI=1S/C11H13ClO2P/c1-3-14-15(13)8-9(2)10-4-6-11(12)7-5-10/h4-7H,2-3,8H2,1H3/q+1. The smallest absolute Gasteiger partial charge is 0.146 e. The number of rotatable bonds is 5. The lowest BCUT2D eigenvalue weighted by atomic mass is 10.1. The van der Waals surface area contributed by atoms with Gasteiger partial charge < -0.3 is 0 Å².